The minimum atomic E-state index is -1.06. The highest BCUT2D eigenvalue weighted by Gasteiger charge is 2.30. The fraction of sp³-hybridized carbons (Fsp3) is 0.321. The molecule has 2 unspecified atom stereocenters. The van der Waals surface area contributed by atoms with Crippen molar-refractivity contribution in [3.05, 3.63) is 95.6 Å². The van der Waals surface area contributed by atoms with Gasteiger partial charge >= 0.3 is 5.97 Å². The van der Waals surface area contributed by atoms with Crippen molar-refractivity contribution in [1.82, 2.24) is 10.3 Å². The number of allylic oxidation sites excluding steroid dienone is 3. The summed E-state index contributed by atoms with van der Waals surface area (Å²) < 4.78 is 29.3. The fourth-order valence-electron chi connectivity index (χ4n) is 3.73. The number of ether oxygens (including phenoxy) is 3. The third kappa shape index (κ3) is 9.78. The maximum absolute atomic E-state index is 13.1. The van der Waals surface area contributed by atoms with Crippen LogP contribution in [-0.2, 0) is 20.7 Å². The van der Waals surface area contributed by atoms with Crippen LogP contribution in [-0.4, -0.2) is 54.4 Å². The van der Waals surface area contributed by atoms with Gasteiger partial charge in [0.2, 0.25) is 0 Å². The summed E-state index contributed by atoms with van der Waals surface area (Å²) in [6.07, 6.45) is 6.45. The zero-order chi connectivity index (χ0) is 28.8. The van der Waals surface area contributed by atoms with Crippen molar-refractivity contribution in [3.8, 4) is 11.5 Å². The molecule has 0 radical (unpaired) electrons. The molecule has 1 saturated heterocycles. The number of nitroso groups, excluding NO2 is 1. The predicted octanol–water partition coefficient (Wildman–Crippen LogP) is 4.25. The van der Waals surface area contributed by atoms with Crippen LogP contribution in [0.4, 0.5) is 4.39 Å². The van der Waals surface area contributed by atoms with Gasteiger partial charge in [-0.1, -0.05) is 31.4 Å². The van der Waals surface area contributed by atoms with Crippen LogP contribution in [0.15, 0.2) is 78.8 Å². The lowest BCUT2D eigenvalue weighted by Crippen LogP contribution is -2.45. The van der Waals surface area contributed by atoms with Crippen molar-refractivity contribution in [1.29, 1.82) is 0 Å². The lowest BCUT2D eigenvalue weighted by molar-refractivity contribution is -0.151. The summed E-state index contributed by atoms with van der Waals surface area (Å²) in [5.41, 5.74) is 0.992. The molecule has 0 aliphatic carbocycles. The normalized spacial score (nSPS) is 19.5. The van der Waals surface area contributed by atoms with Gasteiger partial charge in [0.1, 0.15) is 11.5 Å². The Bertz CT molecular complexity index is 1170. The van der Waals surface area contributed by atoms with E-state index in [1.54, 1.807) is 19.1 Å². The van der Waals surface area contributed by atoms with Gasteiger partial charge in [0, 0.05) is 18.9 Å². The van der Waals surface area contributed by atoms with Gasteiger partial charge in [-0.2, -0.15) is 0 Å². The number of hydrogen-bond donors (Lipinski definition) is 2. The summed E-state index contributed by atoms with van der Waals surface area (Å²) in [5, 5.41) is 15.2. The van der Waals surface area contributed by atoms with Gasteiger partial charge in [-0.05, 0) is 60.7 Å². The average molecular weight is 542 g/mol. The molecule has 1 aromatic carbocycles. The Morgan fingerprint density at radius 3 is 2.59 bits per heavy atom. The molecule has 3 rings (SSSR count). The summed E-state index contributed by atoms with van der Waals surface area (Å²) in [5.74, 6) is -1.97. The summed E-state index contributed by atoms with van der Waals surface area (Å²) in [6.45, 7) is 8.73. The van der Waals surface area contributed by atoms with Crippen LogP contribution in [0.3, 0.4) is 0 Å². The van der Waals surface area contributed by atoms with Crippen LogP contribution in [0.25, 0.3) is 0 Å². The van der Waals surface area contributed by atoms with E-state index in [2.05, 4.69) is 28.6 Å². The molecule has 3 atom stereocenters. The molecule has 2 N–H and O–H groups in total. The van der Waals surface area contributed by atoms with Crippen molar-refractivity contribution >= 4 is 11.9 Å². The van der Waals surface area contributed by atoms with Crippen LogP contribution in [0.2, 0.25) is 0 Å². The maximum atomic E-state index is 13.1. The van der Waals surface area contributed by atoms with Crippen molar-refractivity contribution in [3.63, 3.8) is 0 Å². The van der Waals surface area contributed by atoms with Crippen molar-refractivity contribution < 1.29 is 33.3 Å². The minimum Gasteiger partial charge on any atom is -0.503 e. The molecule has 1 aliphatic rings. The molecular weight excluding hydrogens is 509 g/mol. The first-order valence-electron chi connectivity index (χ1n) is 12.1. The zero-order valence-corrected chi connectivity index (χ0v) is 21.8. The lowest BCUT2D eigenvalue weighted by Gasteiger charge is -2.20. The topological polar surface area (TPSA) is 136 Å². The number of benzene rings is 1. The van der Waals surface area contributed by atoms with Crippen LogP contribution >= 0.6 is 0 Å². The molecule has 1 aliphatic heterocycles. The Balaban J connectivity index is 0.000000580. The second-order valence-corrected chi connectivity index (χ2v) is 8.58. The van der Waals surface area contributed by atoms with Gasteiger partial charge in [0.15, 0.2) is 23.2 Å². The van der Waals surface area contributed by atoms with Gasteiger partial charge in [-0.15, -0.1) is 4.91 Å². The Kier molecular flexibility index (Phi) is 12.5. The summed E-state index contributed by atoms with van der Waals surface area (Å²) in [4.78, 5) is 38.6. The third-order valence-corrected chi connectivity index (χ3v) is 5.57. The van der Waals surface area contributed by atoms with Gasteiger partial charge in [0.25, 0.3) is 5.91 Å². The molecular formula is C28H32FN3O7. The van der Waals surface area contributed by atoms with Crippen molar-refractivity contribution in [2.45, 2.75) is 31.9 Å². The number of halogens is 1. The molecule has 2 aromatic rings. The number of methoxy groups -OCH3 is 1. The molecule has 1 amide bonds. The first kappa shape index (κ1) is 30.8. The van der Waals surface area contributed by atoms with Crippen LogP contribution in [0.5, 0.6) is 11.5 Å². The number of amides is 1. The van der Waals surface area contributed by atoms with E-state index >= 15 is 0 Å². The van der Waals surface area contributed by atoms with E-state index in [-0.39, 0.29) is 29.8 Å². The smallest absolute Gasteiger partial charge is 0.331 e. The number of nitrogens with zero attached hydrogens (tertiary/aromatic N) is 2. The second kappa shape index (κ2) is 15.8. The summed E-state index contributed by atoms with van der Waals surface area (Å²) >= 11 is 0. The molecule has 39 heavy (non-hydrogen) atoms. The third-order valence-electron chi connectivity index (χ3n) is 5.57. The maximum Gasteiger partial charge on any atom is 0.331 e. The average Bonchev–Trinajstić information content (AvgIpc) is 2.98. The minimum absolute atomic E-state index is 0.0480. The Labute approximate surface area is 226 Å². The lowest BCUT2D eigenvalue weighted by atomic mass is 9.95. The molecule has 10 nitrogen and oxygen atoms in total. The van der Waals surface area contributed by atoms with Gasteiger partial charge < -0.3 is 24.6 Å². The zero-order valence-electron chi connectivity index (χ0n) is 21.8. The highest BCUT2D eigenvalue weighted by atomic mass is 19.1. The highest BCUT2D eigenvalue weighted by molar-refractivity contribution is 5.98. The van der Waals surface area contributed by atoms with E-state index in [9.17, 15) is 24.0 Å². The number of nitrogens with one attached hydrogen (secondary N) is 1. The van der Waals surface area contributed by atoms with Crippen LogP contribution in [0, 0.1) is 16.6 Å². The van der Waals surface area contributed by atoms with E-state index in [1.165, 1.54) is 49.7 Å². The molecule has 2 heterocycles. The number of hydrogen-bond acceptors (Lipinski definition) is 9. The second-order valence-electron chi connectivity index (χ2n) is 8.58. The number of carbonyl (C=O) groups excluding carboxylic acids is 2. The first-order chi connectivity index (χ1) is 18.7. The molecule has 208 valence electrons. The molecule has 1 aromatic heterocycles. The van der Waals surface area contributed by atoms with E-state index in [0.29, 0.717) is 25.1 Å². The van der Waals surface area contributed by atoms with E-state index in [4.69, 9.17) is 14.2 Å². The van der Waals surface area contributed by atoms with Gasteiger partial charge in [-0.25, -0.2) is 14.2 Å². The number of cyclic esters (lactones) is 1. The predicted molar refractivity (Wildman–Crippen MR) is 143 cm³/mol. The number of rotatable bonds is 8. The van der Waals surface area contributed by atoms with Crippen molar-refractivity contribution in [2.75, 3.05) is 20.3 Å². The monoisotopic (exact) mass is 541 g/mol. The Hall–Kier alpha value is -4.38. The number of esters is 1. The number of aromatic nitrogens is 1. The van der Waals surface area contributed by atoms with E-state index in [1.807, 2.05) is 0 Å². The molecule has 0 saturated carbocycles. The number of pyridine rings is 1. The first-order valence-corrected chi connectivity index (χ1v) is 12.1. The highest BCUT2D eigenvalue weighted by Crippen LogP contribution is 2.27. The largest absolute Gasteiger partial charge is 0.503 e. The quantitative estimate of drug-likeness (QED) is 0.288. The van der Waals surface area contributed by atoms with Gasteiger partial charge in [-0.3, -0.25) is 4.79 Å². The number of carbonyl (C=O) groups is 2. The SMILES string of the molecule is C=C/C=C(\C=C)N=O.COc1ccnc(C(=O)N[C@H]2COCC(Cc3ccc(F)cc3)CC(C)OC2=O)c1O. The Morgan fingerprint density at radius 1 is 1.28 bits per heavy atom. The van der Waals surface area contributed by atoms with Gasteiger partial charge in [0.05, 0.1) is 19.8 Å². The summed E-state index contributed by atoms with van der Waals surface area (Å²) in [7, 11) is 1.35. The molecule has 0 spiro atoms. The summed E-state index contributed by atoms with van der Waals surface area (Å²) in [6, 6.07) is 6.59. The Morgan fingerprint density at radius 2 is 2.00 bits per heavy atom. The standard InChI is InChI=1S/C22H25FN2O6.C6H7NO/c1-13-9-15(10-14-3-5-16(23)6-4-14)11-30-12-17(22(28)31-13)25-21(27)19-20(26)18(29-2)7-8-24-19;1-3-5-6(4-2)7-8/h3-8,13,15,17,26H,9-12H2,1-2H3,(H,25,27);3-5H,1-2H2/b;6-5+/t13?,15?,17-;/m0./s1. The van der Waals surface area contributed by atoms with E-state index < -0.39 is 29.8 Å². The van der Waals surface area contributed by atoms with Crippen LogP contribution < -0.4 is 10.1 Å². The van der Waals surface area contributed by atoms with E-state index in [0.717, 1.165) is 5.56 Å². The number of aromatic hydroxyl groups is 1. The molecule has 1 fully saturated rings. The fourth-order valence-corrected chi connectivity index (χ4v) is 3.73. The molecule has 0 bridgehead atoms. The molecule has 11 heteroatoms. The van der Waals surface area contributed by atoms with Crippen LogP contribution in [0.1, 0.15) is 29.4 Å². The van der Waals surface area contributed by atoms with Crippen molar-refractivity contribution in [2.24, 2.45) is 11.1 Å².